The molecule has 0 spiro atoms. The molecule has 94 valence electrons. The lowest BCUT2D eigenvalue weighted by Gasteiger charge is -2.33. The second kappa shape index (κ2) is 4.43. The first-order valence-electron chi connectivity index (χ1n) is 5.36. The summed E-state index contributed by atoms with van der Waals surface area (Å²) in [7, 11) is 0. The number of piperidine rings is 1. The predicted octanol–water partition coefficient (Wildman–Crippen LogP) is 2.69. The summed E-state index contributed by atoms with van der Waals surface area (Å²) in [5.74, 6) is -1.81. The molecular weight excluding hydrogens is 235 g/mol. The average Bonchev–Trinajstić information content (AvgIpc) is 2.80. The van der Waals surface area contributed by atoms with Crippen LogP contribution in [0.5, 0.6) is 0 Å². The Bertz CT molecular complexity index is 386. The second-order valence-corrected chi connectivity index (χ2v) is 4.14. The molecule has 0 saturated carbocycles. The van der Waals surface area contributed by atoms with Crippen molar-refractivity contribution < 1.29 is 22.4 Å². The van der Waals surface area contributed by atoms with Crippen LogP contribution in [0.4, 0.5) is 13.2 Å². The number of nitrogens with zero attached hydrogens (tertiary/aromatic N) is 1. The van der Waals surface area contributed by atoms with Crippen molar-refractivity contribution in [2.75, 3.05) is 13.1 Å². The van der Waals surface area contributed by atoms with Crippen LogP contribution in [-0.2, 0) is 0 Å². The van der Waals surface area contributed by atoms with Gasteiger partial charge in [0.25, 0.3) is 5.91 Å². The van der Waals surface area contributed by atoms with Gasteiger partial charge in [-0.15, -0.1) is 0 Å². The molecule has 1 atom stereocenters. The summed E-state index contributed by atoms with van der Waals surface area (Å²) in [6.45, 7) is 0.115. The lowest BCUT2D eigenvalue weighted by Crippen LogP contribution is -2.44. The molecule has 0 N–H and O–H groups in total. The van der Waals surface area contributed by atoms with Crippen molar-refractivity contribution in [1.29, 1.82) is 0 Å². The van der Waals surface area contributed by atoms with Gasteiger partial charge in [-0.2, -0.15) is 13.2 Å². The van der Waals surface area contributed by atoms with Crippen molar-refractivity contribution in [1.82, 2.24) is 4.90 Å². The fraction of sp³-hybridized carbons (Fsp3) is 0.545. The lowest BCUT2D eigenvalue weighted by atomic mass is 9.97. The first kappa shape index (κ1) is 12.0. The van der Waals surface area contributed by atoms with Gasteiger partial charge in [0.15, 0.2) is 0 Å². The number of rotatable bonds is 1. The zero-order valence-corrected chi connectivity index (χ0v) is 9.04. The Labute approximate surface area is 96.2 Å². The van der Waals surface area contributed by atoms with Gasteiger partial charge in [0, 0.05) is 13.1 Å². The summed E-state index contributed by atoms with van der Waals surface area (Å²) in [6.07, 6.45) is -1.17. The molecule has 2 rings (SSSR count). The van der Waals surface area contributed by atoms with Crippen LogP contribution in [0, 0.1) is 5.92 Å². The van der Waals surface area contributed by atoms with E-state index in [1.54, 1.807) is 0 Å². The summed E-state index contributed by atoms with van der Waals surface area (Å²) in [5, 5.41) is 0. The number of likely N-dealkylation sites (tertiary alicyclic amines) is 1. The Morgan fingerprint density at radius 3 is 2.82 bits per heavy atom. The van der Waals surface area contributed by atoms with Gasteiger partial charge in [-0.3, -0.25) is 4.79 Å². The van der Waals surface area contributed by atoms with E-state index >= 15 is 0 Å². The molecule has 1 aromatic heterocycles. The van der Waals surface area contributed by atoms with Crippen molar-refractivity contribution in [3.8, 4) is 0 Å². The summed E-state index contributed by atoms with van der Waals surface area (Å²) < 4.78 is 42.4. The third kappa shape index (κ3) is 2.62. The van der Waals surface area contributed by atoms with Crippen LogP contribution in [0.2, 0.25) is 0 Å². The number of hydrogen-bond donors (Lipinski definition) is 0. The number of halogens is 3. The maximum absolute atomic E-state index is 12.6. The van der Waals surface area contributed by atoms with Gasteiger partial charge in [0.1, 0.15) is 6.26 Å². The van der Waals surface area contributed by atoms with E-state index in [2.05, 4.69) is 0 Å². The first-order chi connectivity index (χ1) is 7.98. The normalized spacial score (nSPS) is 21.6. The number of amides is 1. The zero-order valence-electron chi connectivity index (χ0n) is 9.04. The number of alkyl halides is 3. The molecule has 17 heavy (non-hydrogen) atoms. The van der Waals surface area contributed by atoms with E-state index in [0.717, 1.165) is 0 Å². The average molecular weight is 247 g/mol. The highest BCUT2D eigenvalue weighted by atomic mass is 19.4. The van der Waals surface area contributed by atoms with E-state index in [4.69, 9.17) is 4.42 Å². The van der Waals surface area contributed by atoms with Crippen molar-refractivity contribution in [3.05, 3.63) is 24.2 Å². The van der Waals surface area contributed by atoms with Crippen LogP contribution in [0.3, 0.4) is 0 Å². The molecule has 0 unspecified atom stereocenters. The van der Waals surface area contributed by atoms with E-state index in [1.807, 2.05) is 0 Å². The smallest absolute Gasteiger partial charge is 0.393 e. The highest BCUT2D eigenvalue weighted by Crippen LogP contribution is 2.33. The zero-order chi connectivity index (χ0) is 12.5. The van der Waals surface area contributed by atoms with Gasteiger partial charge >= 0.3 is 6.18 Å². The minimum atomic E-state index is -4.23. The monoisotopic (exact) mass is 247 g/mol. The highest BCUT2D eigenvalue weighted by molar-refractivity contribution is 5.93. The van der Waals surface area contributed by atoms with Crippen LogP contribution in [0.15, 0.2) is 23.0 Å². The van der Waals surface area contributed by atoms with Gasteiger partial charge in [-0.05, 0) is 18.9 Å². The van der Waals surface area contributed by atoms with Gasteiger partial charge in [0.2, 0.25) is 0 Å². The van der Waals surface area contributed by atoms with Crippen LogP contribution < -0.4 is 0 Å². The molecular formula is C11H12F3NO2. The van der Waals surface area contributed by atoms with Crippen LogP contribution in [-0.4, -0.2) is 30.1 Å². The molecule has 2 heterocycles. The van der Waals surface area contributed by atoms with Crippen molar-refractivity contribution in [2.24, 2.45) is 5.92 Å². The van der Waals surface area contributed by atoms with Crippen molar-refractivity contribution in [2.45, 2.75) is 19.0 Å². The Kier molecular flexibility index (Phi) is 3.13. The minimum absolute atomic E-state index is 0.0959. The van der Waals surface area contributed by atoms with Crippen molar-refractivity contribution in [3.63, 3.8) is 0 Å². The number of carbonyl (C=O) groups is 1. The Balaban J connectivity index is 2.05. The summed E-state index contributed by atoms with van der Waals surface area (Å²) in [5.41, 5.74) is 0.299. The molecule has 1 aliphatic rings. The van der Waals surface area contributed by atoms with Gasteiger partial charge in [0.05, 0.1) is 17.7 Å². The molecule has 1 aromatic rings. The van der Waals surface area contributed by atoms with Gasteiger partial charge in [-0.1, -0.05) is 0 Å². The largest absolute Gasteiger partial charge is 0.472 e. The first-order valence-corrected chi connectivity index (χ1v) is 5.36. The van der Waals surface area contributed by atoms with E-state index in [9.17, 15) is 18.0 Å². The van der Waals surface area contributed by atoms with E-state index < -0.39 is 18.0 Å². The van der Waals surface area contributed by atoms with Crippen LogP contribution in [0.1, 0.15) is 23.2 Å². The minimum Gasteiger partial charge on any atom is -0.472 e. The second-order valence-electron chi connectivity index (χ2n) is 4.14. The standard InChI is InChI=1S/C11H12F3NO2/c12-11(13,14)9-2-1-4-15(6-9)10(16)8-3-5-17-7-8/h3,5,7,9H,1-2,4,6H2/t9-/m0/s1. The molecule has 1 fully saturated rings. The molecule has 0 aliphatic carbocycles. The summed E-state index contributed by atoms with van der Waals surface area (Å²) >= 11 is 0. The van der Waals surface area contributed by atoms with Gasteiger partial charge < -0.3 is 9.32 Å². The molecule has 1 amide bonds. The maximum atomic E-state index is 12.6. The van der Waals surface area contributed by atoms with Gasteiger partial charge in [-0.25, -0.2) is 0 Å². The third-order valence-electron chi connectivity index (χ3n) is 2.94. The van der Waals surface area contributed by atoms with Crippen LogP contribution in [0.25, 0.3) is 0 Å². The SMILES string of the molecule is O=C(c1ccoc1)N1CCC[C@H](C(F)(F)F)C1. The quantitative estimate of drug-likeness (QED) is 0.764. The predicted molar refractivity (Wildman–Crippen MR) is 53.4 cm³/mol. The Hall–Kier alpha value is -1.46. The summed E-state index contributed by atoms with van der Waals surface area (Å²) in [6, 6.07) is 1.46. The third-order valence-corrected chi connectivity index (χ3v) is 2.94. The van der Waals surface area contributed by atoms with Crippen molar-refractivity contribution >= 4 is 5.91 Å². The van der Waals surface area contributed by atoms with Crippen LogP contribution >= 0.6 is 0 Å². The molecule has 0 aromatic carbocycles. The summed E-state index contributed by atoms with van der Waals surface area (Å²) in [4.78, 5) is 13.1. The Morgan fingerprint density at radius 1 is 1.47 bits per heavy atom. The maximum Gasteiger partial charge on any atom is 0.393 e. The fourth-order valence-corrected chi connectivity index (χ4v) is 2.00. The molecule has 3 nitrogen and oxygen atoms in total. The number of furan rings is 1. The molecule has 0 radical (unpaired) electrons. The topological polar surface area (TPSA) is 33.5 Å². The van der Waals surface area contributed by atoms with E-state index in [-0.39, 0.29) is 13.0 Å². The number of carbonyl (C=O) groups excluding carboxylic acids is 1. The number of hydrogen-bond acceptors (Lipinski definition) is 2. The fourth-order valence-electron chi connectivity index (χ4n) is 2.00. The molecule has 1 saturated heterocycles. The molecule has 6 heteroatoms. The molecule has 1 aliphatic heterocycles. The molecule has 0 bridgehead atoms. The lowest BCUT2D eigenvalue weighted by molar-refractivity contribution is -0.184. The van der Waals surface area contributed by atoms with E-state index in [0.29, 0.717) is 18.5 Å². The highest BCUT2D eigenvalue weighted by Gasteiger charge is 2.42. The Morgan fingerprint density at radius 2 is 2.24 bits per heavy atom. The van der Waals surface area contributed by atoms with E-state index in [1.165, 1.54) is 23.5 Å².